The predicted octanol–water partition coefficient (Wildman–Crippen LogP) is 4.59. The van der Waals surface area contributed by atoms with E-state index in [9.17, 15) is 0 Å². The first-order chi connectivity index (χ1) is 13.2. The maximum Gasteiger partial charge on any atom is 0.202 e. The molecule has 0 saturated carbocycles. The van der Waals surface area contributed by atoms with Gasteiger partial charge < -0.3 is 24.1 Å². The van der Waals surface area contributed by atoms with Crippen LogP contribution in [-0.4, -0.2) is 43.6 Å². The van der Waals surface area contributed by atoms with Crippen molar-refractivity contribution >= 4 is 47.2 Å². The maximum absolute atomic E-state index is 5.74. The fourth-order valence-corrected chi connectivity index (χ4v) is 5.87. The maximum atomic E-state index is 5.74. The summed E-state index contributed by atoms with van der Waals surface area (Å²) in [4.78, 5) is 7.83. The average Bonchev–Trinajstić information content (AvgIpc) is 3.03. The van der Waals surface area contributed by atoms with Gasteiger partial charge in [0, 0.05) is 25.3 Å². The summed E-state index contributed by atoms with van der Waals surface area (Å²) in [6, 6.07) is 8.16. The van der Waals surface area contributed by atoms with Crippen LogP contribution in [0.1, 0.15) is 5.37 Å². The predicted molar refractivity (Wildman–Crippen MR) is 110 cm³/mol. The Morgan fingerprint density at radius 1 is 1.22 bits per heavy atom. The van der Waals surface area contributed by atoms with Crippen LogP contribution in [-0.2, 0) is 14.2 Å². The van der Waals surface area contributed by atoms with Gasteiger partial charge in [0.05, 0.1) is 29.2 Å². The van der Waals surface area contributed by atoms with E-state index >= 15 is 0 Å². The summed E-state index contributed by atoms with van der Waals surface area (Å²) in [5, 5.41) is 3.27. The van der Waals surface area contributed by atoms with Gasteiger partial charge in [-0.05, 0) is 24.4 Å². The Hall–Kier alpha value is -1.52. The molecule has 2 aliphatic rings. The van der Waals surface area contributed by atoms with Gasteiger partial charge in [-0.15, -0.1) is 0 Å². The molecular formula is C18H19N3O3S3. The quantitative estimate of drug-likeness (QED) is 0.601. The highest BCUT2D eigenvalue weighted by Crippen LogP contribution is 2.48. The van der Waals surface area contributed by atoms with E-state index in [1.165, 1.54) is 0 Å². The van der Waals surface area contributed by atoms with Crippen LogP contribution in [0.2, 0.25) is 0 Å². The molecule has 142 valence electrons. The smallest absolute Gasteiger partial charge is 0.202 e. The Bertz CT molecular complexity index is 960. The van der Waals surface area contributed by atoms with Gasteiger partial charge in [0.1, 0.15) is 23.1 Å². The third-order valence-corrected chi connectivity index (χ3v) is 7.07. The van der Waals surface area contributed by atoms with Crippen LogP contribution in [0.3, 0.4) is 0 Å². The van der Waals surface area contributed by atoms with Crippen molar-refractivity contribution < 1.29 is 14.2 Å². The van der Waals surface area contributed by atoms with E-state index in [0.29, 0.717) is 11.4 Å². The van der Waals surface area contributed by atoms with Crippen molar-refractivity contribution in [3.05, 3.63) is 45.9 Å². The van der Waals surface area contributed by atoms with Crippen LogP contribution in [0.4, 0.5) is 11.5 Å². The number of ether oxygens (including phenoxy) is 3. The van der Waals surface area contributed by atoms with Crippen molar-refractivity contribution in [2.45, 2.75) is 21.3 Å². The van der Waals surface area contributed by atoms with Gasteiger partial charge in [0.15, 0.2) is 0 Å². The molecule has 2 aliphatic heterocycles. The molecule has 0 radical (unpaired) electrons. The highest BCUT2D eigenvalue weighted by Gasteiger charge is 2.39. The van der Waals surface area contributed by atoms with E-state index in [4.69, 9.17) is 26.4 Å². The summed E-state index contributed by atoms with van der Waals surface area (Å²) >= 11 is 8.91. The van der Waals surface area contributed by atoms with Crippen LogP contribution in [0.25, 0.3) is 0 Å². The normalized spacial score (nSPS) is 20.9. The minimum absolute atomic E-state index is 0.0989. The number of thioether (sulfide) groups is 1. The number of fused-ring (bicyclic) bond motifs is 2. The summed E-state index contributed by atoms with van der Waals surface area (Å²) in [7, 11) is 5.00. The number of hydrogen-bond acceptors (Lipinski definition) is 8. The molecule has 1 unspecified atom stereocenters. The van der Waals surface area contributed by atoms with E-state index in [1.54, 1.807) is 44.9 Å². The average molecular weight is 422 g/mol. The molecule has 0 spiro atoms. The molecule has 2 aromatic rings. The minimum atomic E-state index is -0.259. The second-order valence-electron chi connectivity index (χ2n) is 5.96. The van der Waals surface area contributed by atoms with Crippen molar-refractivity contribution in [1.82, 2.24) is 9.55 Å². The van der Waals surface area contributed by atoms with Gasteiger partial charge in [0.25, 0.3) is 0 Å². The van der Waals surface area contributed by atoms with Gasteiger partial charge >= 0.3 is 0 Å². The number of aromatic nitrogens is 2. The molecule has 1 aromatic carbocycles. The zero-order valence-electron chi connectivity index (χ0n) is 15.1. The molecule has 9 heteroatoms. The monoisotopic (exact) mass is 421 g/mol. The van der Waals surface area contributed by atoms with Gasteiger partial charge in [-0.25, -0.2) is 4.98 Å². The topological polar surface area (TPSA) is 57.5 Å². The molecule has 3 heterocycles. The summed E-state index contributed by atoms with van der Waals surface area (Å²) in [5.41, 5.74) is 1.05. The molecule has 0 fully saturated rings. The van der Waals surface area contributed by atoms with E-state index in [0.717, 1.165) is 32.0 Å². The fraction of sp³-hybridized carbons (Fsp3) is 0.333. The van der Waals surface area contributed by atoms with E-state index in [2.05, 4.69) is 16.4 Å². The third kappa shape index (κ3) is 3.38. The highest BCUT2D eigenvalue weighted by atomic mass is 32.2. The zero-order chi connectivity index (χ0) is 19.0. The summed E-state index contributed by atoms with van der Waals surface area (Å²) in [6.07, 6.45) is 1.79. The molecule has 4 rings (SSSR count). The van der Waals surface area contributed by atoms with Crippen molar-refractivity contribution in [3.8, 4) is 0 Å². The number of methoxy groups -OCH3 is 3. The first-order valence-electron chi connectivity index (χ1n) is 8.28. The molecular weight excluding hydrogens is 402 g/mol. The second-order valence-corrected chi connectivity index (χ2v) is 8.62. The lowest BCUT2D eigenvalue weighted by Gasteiger charge is -2.25. The van der Waals surface area contributed by atoms with Crippen LogP contribution in [0.5, 0.6) is 0 Å². The van der Waals surface area contributed by atoms with E-state index in [-0.39, 0.29) is 11.5 Å². The molecule has 0 aliphatic carbocycles. The van der Waals surface area contributed by atoms with Crippen molar-refractivity contribution in [3.63, 3.8) is 0 Å². The van der Waals surface area contributed by atoms with Crippen LogP contribution < -0.4 is 5.32 Å². The number of anilines is 2. The lowest BCUT2D eigenvalue weighted by molar-refractivity contribution is 0.0652. The van der Waals surface area contributed by atoms with Crippen LogP contribution >= 0.6 is 35.7 Å². The first-order valence-corrected chi connectivity index (χ1v) is 10.4. The number of nitrogens with one attached hydrogen (secondary N) is 1. The van der Waals surface area contributed by atoms with Gasteiger partial charge in [0.2, 0.25) is 4.77 Å². The molecule has 1 N–H and O–H groups in total. The number of hydrogen-bond donors (Lipinski definition) is 1. The lowest BCUT2D eigenvalue weighted by Crippen LogP contribution is -2.24. The number of para-hydroxylation sites is 1. The second kappa shape index (κ2) is 7.84. The summed E-state index contributed by atoms with van der Waals surface area (Å²) in [6.45, 7) is 0.472. The lowest BCUT2D eigenvalue weighted by atomic mass is 10.2. The largest absolute Gasteiger partial charge is 0.497 e. The highest BCUT2D eigenvalue weighted by molar-refractivity contribution is 8.03. The molecule has 1 aromatic heterocycles. The molecule has 0 bridgehead atoms. The Morgan fingerprint density at radius 2 is 2.04 bits per heavy atom. The van der Waals surface area contributed by atoms with Crippen LogP contribution in [0, 0.1) is 4.77 Å². The first kappa shape index (κ1) is 18.8. The SMILES string of the molecule is COCC1=C(OC)C(OC)[C@H](n2cc3c(nc2=S)Nc2ccccc2S3)S1. The zero-order valence-corrected chi connectivity index (χ0v) is 17.5. The van der Waals surface area contributed by atoms with Gasteiger partial charge in [-0.1, -0.05) is 35.7 Å². The Kier molecular flexibility index (Phi) is 5.47. The molecule has 6 nitrogen and oxygen atoms in total. The van der Waals surface area contributed by atoms with Crippen LogP contribution in [0.15, 0.2) is 50.9 Å². The molecule has 2 atom stereocenters. The van der Waals surface area contributed by atoms with Crippen molar-refractivity contribution in [1.29, 1.82) is 0 Å². The number of benzene rings is 1. The van der Waals surface area contributed by atoms with Crippen molar-refractivity contribution in [2.24, 2.45) is 0 Å². The standard InChI is InChI=1S/C18H19N3O3S3/c1-22-9-13-14(23-2)15(24-3)17(27-13)21-8-12-16(20-18(21)25)19-10-6-4-5-7-11(10)26-12/h4-8,15,17H,9H2,1-3H3,(H,19,20,25)/t15?,17-/m1/s1. The number of nitrogens with zero attached hydrogens (tertiary/aromatic N) is 2. The van der Waals surface area contributed by atoms with Crippen molar-refractivity contribution in [2.75, 3.05) is 33.3 Å². The fourth-order valence-electron chi connectivity index (χ4n) is 3.15. The van der Waals surface area contributed by atoms with E-state index in [1.807, 2.05) is 29.0 Å². The molecule has 0 amide bonds. The Labute approximate surface area is 171 Å². The number of rotatable bonds is 5. The summed E-state index contributed by atoms with van der Waals surface area (Å²) < 4.78 is 19.1. The Morgan fingerprint density at radius 3 is 2.78 bits per heavy atom. The van der Waals surface area contributed by atoms with Gasteiger partial charge in [-0.2, -0.15) is 0 Å². The third-order valence-electron chi connectivity index (χ3n) is 4.36. The molecule has 0 saturated heterocycles. The molecule has 27 heavy (non-hydrogen) atoms. The van der Waals surface area contributed by atoms with Gasteiger partial charge in [-0.3, -0.25) is 0 Å². The summed E-state index contributed by atoms with van der Waals surface area (Å²) in [5.74, 6) is 1.57. The Balaban J connectivity index is 1.71. The minimum Gasteiger partial charge on any atom is -0.497 e. The van der Waals surface area contributed by atoms with E-state index < -0.39 is 0 Å².